The highest BCUT2D eigenvalue weighted by molar-refractivity contribution is 8.00. The maximum Gasteiger partial charge on any atom is 0.332 e. The molecule has 0 saturated carbocycles. The molecule has 2 aromatic carbocycles. The van der Waals surface area contributed by atoms with Crippen molar-refractivity contribution in [3.63, 3.8) is 0 Å². The largest absolute Gasteiger partial charge is 0.384 e. The molecule has 4 rings (SSSR count). The Kier molecular flexibility index (Phi) is 6.25. The van der Waals surface area contributed by atoms with Crippen LogP contribution in [-0.2, 0) is 14.1 Å². The number of hydrogen-bond donors (Lipinski definition) is 1. The number of ketones is 1. The standard InChI is InChI=1S/C25H25N5O4S/c1-13-9-8-10-14(2)19(13)30-22(32)16-11-6-7-12-17(16)27-24(30)35-15(3)20(31)18-21(26)28(4)25(34)29(5)23(18)33/h6-12,15H,26H2,1-5H3. The molecule has 0 fully saturated rings. The van der Waals surface area contributed by atoms with Crippen LogP contribution in [0.3, 0.4) is 0 Å². The maximum absolute atomic E-state index is 13.6. The second kappa shape index (κ2) is 9.03. The van der Waals surface area contributed by atoms with Crippen molar-refractivity contribution in [3.05, 3.63) is 90.3 Å². The Bertz CT molecular complexity index is 1660. The molecule has 0 aliphatic heterocycles. The van der Waals surface area contributed by atoms with Crippen molar-refractivity contribution in [1.29, 1.82) is 0 Å². The van der Waals surface area contributed by atoms with Gasteiger partial charge in [0.1, 0.15) is 11.4 Å². The Hall–Kier alpha value is -3.92. The van der Waals surface area contributed by atoms with Crippen molar-refractivity contribution in [1.82, 2.24) is 18.7 Å². The Labute approximate surface area is 204 Å². The van der Waals surface area contributed by atoms with Gasteiger partial charge >= 0.3 is 5.69 Å². The van der Waals surface area contributed by atoms with Crippen molar-refractivity contribution in [2.75, 3.05) is 5.73 Å². The van der Waals surface area contributed by atoms with E-state index in [0.29, 0.717) is 21.7 Å². The molecule has 1 atom stereocenters. The van der Waals surface area contributed by atoms with Crippen molar-refractivity contribution < 1.29 is 4.79 Å². The first-order valence-corrected chi connectivity index (χ1v) is 11.8. The predicted octanol–water partition coefficient (Wildman–Crippen LogP) is 2.35. The molecule has 2 aromatic heterocycles. The SMILES string of the molecule is Cc1cccc(C)c1-n1c(SC(C)C(=O)c2c(N)n(C)c(=O)n(C)c2=O)nc2ccccc2c1=O. The van der Waals surface area contributed by atoms with Crippen LogP contribution in [-0.4, -0.2) is 29.7 Å². The van der Waals surface area contributed by atoms with Gasteiger partial charge in [-0.25, -0.2) is 9.78 Å². The summed E-state index contributed by atoms with van der Waals surface area (Å²) in [6, 6.07) is 12.7. The molecule has 4 aromatic rings. The molecule has 0 radical (unpaired) electrons. The number of para-hydroxylation sites is 2. The third-order valence-electron chi connectivity index (χ3n) is 6.02. The average molecular weight is 492 g/mol. The van der Waals surface area contributed by atoms with E-state index < -0.39 is 22.3 Å². The van der Waals surface area contributed by atoms with Crippen LogP contribution in [0.5, 0.6) is 0 Å². The number of benzene rings is 2. The number of thioether (sulfide) groups is 1. The summed E-state index contributed by atoms with van der Waals surface area (Å²) in [7, 11) is 2.69. The molecule has 180 valence electrons. The Morgan fingerprint density at radius 3 is 2.23 bits per heavy atom. The Balaban J connectivity index is 1.91. The minimum atomic E-state index is -0.828. The molecule has 0 aliphatic carbocycles. The molecule has 2 N–H and O–H groups in total. The van der Waals surface area contributed by atoms with E-state index in [-0.39, 0.29) is 16.9 Å². The van der Waals surface area contributed by atoms with E-state index in [9.17, 15) is 19.2 Å². The lowest BCUT2D eigenvalue weighted by Crippen LogP contribution is -2.42. The third-order valence-corrected chi connectivity index (χ3v) is 7.07. The number of nitrogens with zero attached hydrogens (tertiary/aromatic N) is 4. The number of rotatable bonds is 5. The molecule has 0 amide bonds. The third kappa shape index (κ3) is 3.99. The normalized spacial score (nSPS) is 12.1. The lowest BCUT2D eigenvalue weighted by molar-refractivity contribution is 0.0992. The van der Waals surface area contributed by atoms with Crippen LogP contribution >= 0.6 is 11.8 Å². The quantitative estimate of drug-likeness (QED) is 0.258. The summed E-state index contributed by atoms with van der Waals surface area (Å²) < 4.78 is 3.43. The summed E-state index contributed by atoms with van der Waals surface area (Å²) in [5.74, 6) is -0.756. The fourth-order valence-corrected chi connectivity index (χ4v) is 5.03. The zero-order valence-corrected chi connectivity index (χ0v) is 20.8. The van der Waals surface area contributed by atoms with Gasteiger partial charge in [-0.3, -0.25) is 28.1 Å². The predicted molar refractivity (Wildman–Crippen MR) is 138 cm³/mol. The van der Waals surface area contributed by atoms with E-state index in [4.69, 9.17) is 10.7 Å². The fourth-order valence-electron chi connectivity index (χ4n) is 4.05. The van der Waals surface area contributed by atoms with Crippen LogP contribution in [0.2, 0.25) is 0 Å². The number of nitrogen functional groups attached to an aromatic ring is 1. The van der Waals surface area contributed by atoms with E-state index in [0.717, 1.165) is 32.0 Å². The summed E-state index contributed by atoms with van der Waals surface area (Å²) in [6.45, 7) is 5.43. The van der Waals surface area contributed by atoms with Gasteiger partial charge in [-0.15, -0.1) is 0 Å². The van der Waals surface area contributed by atoms with E-state index in [1.807, 2.05) is 32.0 Å². The Morgan fingerprint density at radius 2 is 1.57 bits per heavy atom. The second-order valence-corrected chi connectivity index (χ2v) is 9.69. The lowest BCUT2D eigenvalue weighted by Gasteiger charge is -2.19. The van der Waals surface area contributed by atoms with Gasteiger partial charge in [-0.1, -0.05) is 42.1 Å². The van der Waals surface area contributed by atoms with E-state index >= 15 is 0 Å². The number of carbonyl (C=O) groups excluding carboxylic acids is 1. The van der Waals surface area contributed by atoms with Gasteiger partial charge in [0.25, 0.3) is 11.1 Å². The minimum absolute atomic E-state index is 0.200. The fraction of sp³-hybridized carbons (Fsp3) is 0.240. The summed E-state index contributed by atoms with van der Waals surface area (Å²) in [5, 5.41) is -0.0621. The number of Topliss-reactive ketones (excluding diaryl/α,β-unsaturated/α-hetero) is 1. The van der Waals surface area contributed by atoms with E-state index in [2.05, 4.69) is 0 Å². The van der Waals surface area contributed by atoms with Crippen molar-refractivity contribution in [2.24, 2.45) is 14.1 Å². The van der Waals surface area contributed by atoms with E-state index in [1.165, 1.54) is 18.7 Å². The molecular formula is C25H25N5O4S. The number of aromatic nitrogens is 4. The molecule has 0 aliphatic rings. The van der Waals surface area contributed by atoms with Gasteiger partial charge in [0.05, 0.1) is 21.8 Å². The van der Waals surface area contributed by atoms with Gasteiger partial charge in [0.15, 0.2) is 10.9 Å². The summed E-state index contributed by atoms with van der Waals surface area (Å²) in [4.78, 5) is 56.6. The van der Waals surface area contributed by atoms with Gasteiger partial charge < -0.3 is 5.73 Å². The molecular weight excluding hydrogens is 466 g/mol. The van der Waals surface area contributed by atoms with Crippen LogP contribution in [0, 0.1) is 13.8 Å². The number of aryl methyl sites for hydroxylation is 2. The minimum Gasteiger partial charge on any atom is -0.384 e. The average Bonchev–Trinajstić information content (AvgIpc) is 2.83. The van der Waals surface area contributed by atoms with Crippen LogP contribution < -0.4 is 22.5 Å². The van der Waals surface area contributed by atoms with Crippen LogP contribution in [0.25, 0.3) is 16.6 Å². The maximum atomic E-state index is 13.6. The number of fused-ring (bicyclic) bond motifs is 1. The smallest absolute Gasteiger partial charge is 0.332 e. The first-order valence-electron chi connectivity index (χ1n) is 10.9. The highest BCUT2D eigenvalue weighted by Gasteiger charge is 2.27. The number of carbonyl (C=O) groups is 1. The molecule has 10 heteroatoms. The monoisotopic (exact) mass is 491 g/mol. The van der Waals surface area contributed by atoms with Crippen molar-refractivity contribution >= 4 is 34.3 Å². The lowest BCUT2D eigenvalue weighted by atomic mass is 10.1. The highest BCUT2D eigenvalue weighted by Crippen LogP contribution is 2.29. The zero-order valence-electron chi connectivity index (χ0n) is 20.0. The van der Waals surface area contributed by atoms with Gasteiger partial charge in [-0.2, -0.15) is 0 Å². The Morgan fingerprint density at radius 1 is 0.943 bits per heavy atom. The first-order chi connectivity index (χ1) is 16.5. The molecule has 2 heterocycles. The van der Waals surface area contributed by atoms with Crippen molar-refractivity contribution in [2.45, 2.75) is 31.2 Å². The van der Waals surface area contributed by atoms with E-state index in [1.54, 1.807) is 31.2 Å². The number of nitrogens with two attached hydrogens (primary N) is 1. The van der Waals surface area contributed by atoms with Gasteiger partial charge in [-0.05, 0) is 44.0 Å². The number of hydrogen-bond acceptors (Lipinski definition) is 7. The van der Waals surface area contributed by atoms with Gasteiger partial charge in [0, 0.05) is 14.1 Å². The topological polar surface area (TPSA) is 122 Å². The summed E-state index contributed by atoms with van der Waals surface area (Å²) in [5.41, 5.74) is 7.03. The summed E-state index contributed by atoms with van der Waals surface area (Å²) >= 11 is 1.06. The van der Waals surface area contributed by atoms with Crippen molar-refractivity contribution in [3.8, 4) is 5.69 Å². The highest BCUT2D eigenvalue weighted by atomic mass is 32.2. The molecule has 0 saturated heterocycles. The van der Waals surface area contributed by atoms with Crippen LogP contribution in [0.1, 0.15) is 28.4 Å². The molecule has 0 bridgehead atoms. The van der Waals surface area contributed by atoms with Crippen LogP contribution in [0.15, 0.2) is 62.0 Å². The summed E-state index contributed by atoms with van der Waals surface area (Å²) in [6.07, 6.45) is 0. The van der Waals surface area contributed by atoms with Crippen LogP contribution in [0.4, 0.5) is 5.82 Å². The second-order valence-electron chi connectivity index (χ2n) is 8.38. The van der Waals surface area contributed by atoms with Gasteiger partial charge in [0.2, 0.25) is 0 Å². The first kappa shape index (κ1) is 24.2. The number of anilines is 1. The zero-order chi connectivity index (χ0) is 25.6. The molecule has 0 spiro atoms. The molecule has 35 heavy (non-hydrogen) atoms. The molecule has 1 unspecified atom stereocenters. The molecule has 9 nitrogen and oxygen atoms in total.